The maximum Gasteiger partial charge on any atom is 0.398 e. The summed E-state index contributed by atoms with van der Waals surface area (Å²) in [5.41, 5.74) is 0. The van der Waals surface area contributed by atoms with Crippen LogP contribution in [0.2, 0.25) is 0 Å². The molecule has 0 bridgehead atoms. The van der Waals surface area contributed by atoms with Gasteiger partial charge in [-0.3, -0.25) is 4.79 Å². The fourth-order valence-electron chi connectivity index (χ4n) is 1.52. The van der Waals surface area contributed by atoms with E-state index in [0.29, 0.717) is 0 Å². The molecule has 2 nitrogen and oxygen atoms in total. The lowest BCUT2D eigenvalue weighted by Crippen LogP contribution is -2.71. The monoisotopic (exact) mass is 477 g/mol. The van der Waals surface area contributed by atoms with Crippen LogP contribution in [0.25, 0.3) is 0 Å². The second-order valence-corrected chi connectivity index (χ2v) is 5.08. The number of amides is 1. The SMILES string of the molecule is O=C(N(F)F)C(F)(F)C(F)(F)C(F)(F)C(F)(F)C(F)(F)C(F)C(F)C(F)C(F)F. The van der Waals surface area contributed by atoms with Gasteiger partial charge in [-0.15, -0.1) is 0 Å². The highest BCUT2D eigenvalue weighted by Gasteiger charge is 2.89. The molecule has 3 atom stereocenters. The third-order valence-electron chi connectivity index (χ3n) is 3.19. The Kier molecular flexibility index (Phi) is 7.38. The molecule has 0 spiro atoms. The zero-order valence-electron chi connectivity index (χ0n) is 12.6. The standard InChI is InChI=1S/C10H4F17NO/c11-1(2(12)4(14)15)3(13)6(16,17)8(20,21)10(24,25)9(22,23)7(18,19)5(29)28(26)27/h1-4H. The van der Waals surface area contributed by atoms with Crippen LogP contribution >= 0.6 is 0 Å². The second-order valence-electron chi connectivity index (χ2n) is 5.08. The van der Waals surface area contributed by atoms with E-state index in [4.69, 9.17) is 0 Å². The predicted octanol–water partition coefficient (Wildman–Crippen LogP) is 5.04. The maximum atomic E-state index is 13.2. The van der Waals surface area contributed by atoms with Crippen molar-refractivity contribution in [2.75, 3.05) is 0 Å². The largest absolute Gasteiger partial charge is 0.398 e. The van der Waals surface area contributed by atoms with Gasteiger partial charge in [0.25, 0.3) is 6.43 Å². The van der Waals surface area contributed by atoms with Gasteiger partial charge in [0.15, 0.2) is 12.3 Å². The van der Waals surface area contributed by atoms with E-state index in [-0.39, 0.29) is 0 Å². The number of rotatable bonds is 9. The summed E-state index contributed by atoms with van der Waals surface area (Å²) < 4.78 is 216. The second kappa shape index (κ2) is 7.84. The van der Waals surface area contributed by atoms with Gasteiger partial charge in [-0.25, -0.2) is 22.0 Å². The minimum Gasteiger partial charge on any atom is -0.262 e. The first-order chi connectivity index (χ1) is 12.5. The number of hydrogen-bond acceptors (Lipinski definition) is 1. The third kappa shape index (κ3) is 3.99. The minimum atomic E-state index is -8.29. The normalized spacial score (nSPS) is 17.9. The highest BCUT2D eigenvalue weighted by molar-refractivity contribution is 5.83. The Balaban J connectivity index is 6.34. The van der Waals surface area contributed by atoms with Crippen molar-refractivity contribution in [3.63, 3.8) is 0 Å². The van der Waals surface area contributed by atoms with Crippen LogP contribution in [0.1, 0.15) is 0 Å². The third-order valence-corrected chi connectivity index (χ3v) is 3.19. The van der Waals surface area contributed by atoms with Gasteiger partial charge < -0.3 is 0 Å². The lowest BCUT2D eigenvalue weighted by molar-refractivity contribution is -0.406. The lowest BCUT2D eigenvalue weighted by Gasteiger charge is -2.40. The van der Waals surface area contributed by atoms with Gasteiger partial charge in [0.2, 0.25) is 6.17 Å². The lowest BCUT2D eigenvalue weighted by atomic mass is 9.90. The molecule has 1 amide bonds. The average molecular weight is 477 g/mol. The van der Waals surface area contributed by atoms with Crippen molar-refractivity contribution in [3.8, 4) is 0 Å². The molecule has 0 aliphatic rings. The Morgan fingerprint density at radius 3 is 1.31 bits per heavy atom. The Labute approximate surface area is 147 Å². The van der Waals surface area contributed by atoms with Crippen LogP contribution in [-0.2, 0) is 4.79 Å². The molecule has 0 aromatic rings. The van der Waals surface area contributed by atoms with Gasteiger partial charge in [-0.1, -0.05) is 8.96 Å². The summed E-state index contributed by atoms with van der Waals surface area (Å²) in [6.45, 7) is 0. The molecule has 0 saturated heterocycles. The van der Waals surface area contributed by atoms with Crippen LogP contribution in [-0.4, -0.2) is 65.8 Å². The van der Waals surface area contributed by atoms with E-state index < -0.39 is 65.8 Å². The molecule has 0 aliphatic carbocycles. The summed E-state index contributed by atoms with van der Waals surface area (Å²) in [6.07, 6.45) is -20.2. The van der Waals surface area contributed by atoms with Crippen LogP contribution in [0.15, 0.2) is 0 Å². The van der Waals surface area contributed by atoms with E-state index in [9.17, 15) is 79.6 Å². The maximum absolute atomic E-state index is 13.2. The topological polar surface area (TPSA) is 20.3 Å². The summed E-state index contributed by atoms with van der Waals surface area (Å²) in [7, 11) is 0. The molecule has 0 rings (SSSR count). The number of hydrogen-bond donors (Lipinski definition) is 0. The van der Waals surface area contributed by atoms with Crippen molar-refractivity contribution in [2.45, 2.75) is 54.6 Å². The zero-order chi connectivity index (χ0) is 24.0. The molecule has 0 radical (unpaired) electrons. The minimum absolute atomic E-state index is 3.51. The molecule has 0 aromatic carbocycles. The Morgan fingerprint density at radius 1 is 0.621 bits per heavy atom. The number of nitrogens with zero attached hydrogens (tertiary/aromatic N) is 1. The van der Waals surface area contributed by atoms with Crippen LogP contribution in [0, 0.1) is 0 Å². The van der Waals surface area contributed by atoms with Crippen LogP contribution in [0.5, 0.6) is 0 Å². The highest BCUT2D eigenvalue weighted by Crippen LogP contribution is 2.58. The first-order valence-corrected chi connectivity index (χ1v) is 6.29. The number of halogens is 17. The van der Waals surface area contributed by atoms with E-state index >= 15 is 0 Å². The average Bonchev–Trinajstić information content (AvgIpc) is 2.57. The first kappa shape index (κ1) is 27.3. The molecule has 0 saturated carbocycles. The van der Waals surface area contributed by atoms with E-state index in [2.05, 4.69) is 0 Å². The molecule has 0 aliphatic heterocycles. The number of carbonyl (C=O) groups is 1. The molecule has 0 N–H and O–H groups in total. The summed E-state index contributed by atoms with van der Waals surface area (Å²) in [5, 5.41) is -3.51. The van der Waals surface area contributed by atoms with Crippen molar-refractivity contribution < 1.29 is 79.6 Å². The van der Waals surface area contributed by atoms with Crippen LogP contribution in [0.3, 0.4) is 0 Å². The summed E-state index contributed by atoms with van der Waals surface area (Å²) in [4.78, 5) is 10.2. The van der Waals surface area contributed by atoms with Gasteiger partial charge in [0.1, 0.15) is 0 Å². The summed E-state index contributed by atoms with van der Waals surface area (Å²) in [5.74, 6) is -44.3. The molecule has 0 heterocycles. The molecule has 3 unspecified atom stereocenters. The predicted molar refractivity (Wildman–Crippen MR) is 54.5 cm³/mol. The van der Waals surface area contributed by atoms with Crippen LogP contribution < -0.4 is 0 Å². The Bertz CT molecular complexity index is 589. The zero-order valence-corrected chi connectivity index (χ0v) is 12.6. The molecule has 29 heavy (non-hydrogen) atoms. The van der Waals surface area contributed by atoms with Crippen LogP contribution in [0.4, 0.5) is 74.8 Å². The Hall–Kier alpha value is -1.72. The van der Waals surface area contributed by atoms with Crippen molar-refractivity contribution in [1.82, 2.24) is 5.34 Å². The number of alkyl halides is 15. The number of carbonyl (C=O) groups excluding carboxylic acids is 1. The first-order valence-electron chi connectivity index (χ1n) is 6.29. The van der Waals surface area contributed by atoms with Crippen molar-refractivity contribution in [2.24, 2.45) is 0 Å². The van der Waals surface area contributed by atoms with Gasteiger partial charge in [0.05, 0.1) is 0 Å². The Morgan fingerprint density at radius 2 is 1.00 bits per heavy atom. The van der Waals surface area contributed by atoms with Gasteiger partial charge in [-0.2, -0.15) is 43.9 Å². The van der Waals surface area contributed by atoms with Gasteiger partial charge >= 0.3 is 35.5 Å². The molecule has 0 fully saturated rings. The van der Waals surface area contributed by atoms with E-state index in [1.54, 1.807) is 0 Å². The summed E-state index contributed by atoms with van der Waals surface area (Å²) >= 11 is 0. The van der Waals surface area contributed by atoms with Gasteiger partial charge in [0, 0.05) is 5.34 Å². The fraction of sp³-hybridized carbons (Fsp3) is 0.900. The van der Waals surface area contributed by atoms with E-state index in [1.165, 1.54) is 0 Å². The molecule has 174 valence electrons. The van der Waals surface area contributed by atoms with Gasteiger partial charge in [-0.05, 0) is 0 Å². The fourth-order valence-corrected chi connectivity index (χ4v) is 1.52. The van der Waals surface area contributed by atoms with Crippen molar-refractivity contribution >= 4 is 5.91 Å². The van der Waals surface area contributed by atoms with E-state index in [1.807, 2.05) is 0 Å². The van der Waals surface area contributed by atoms with Crippen molar-refractivity contribution in [3.05, 3.63) is 0 Å². The van der Waals surface area contributed by atoms with E-state index in [0.717, 1.165) is 0 Å². The molecule has 19 heteroatoms. The molecule has 0 aromatic heterocycles. The van der Waals surface area contributed by atoms with Crippen molar-refractivity contribution in [1.29, 1.82) is 0 Å². The highest BCUT2D eigenvalue weighted by atomic mass is 19.4. The molecular formula is C10H4F17NO. The summed E-state index contributed by atoms with van der Waals surface area (Å²) in [6, 6.07) is 0. The quantitative estimate of drug-likeness (QED) is 0.337. The molecular weight excluding hydrogens is 473 g/mol. The smallest absolute Gasteiger partial charge is 0.262 e.